The van der Waals surface area contributed by atoms with Crippen molar-refractivity contribution in [3.05, 3.63) is 21.6 Å². The van der Waals surface area contributed by atoms with Gasteiger partial charge < -0.3 is 5.10 Å². The molecule has 0 atom stereocenters. The second-order valence-corrected chi connectivity index (χ2v) is 3.15. The average Bonchev–Trinajstić information content (AvgIpc) is 2.47. The van der Waals surface area contributed by atoms with Crippen LogP contribution in [0, 0.1) is 0 Å². The van der Waals surface area contributed by atoms with Gasteiger partial charge in [0, 0.05) is 25.2 Å². The van der Waals surface area contributed by atoms with E-state index in [-0.39, 0.29) is 5.56 Å². The third kappa shape index (κ3) is 1.08. The Balaban J connectivity index is 2.32. The summed E-state index contributed by atoms with van der Waals surface area (Å²) in [4.78, 5) is 13.5. The highest BCUT2D eigenvalue weighted by atomic mass is 16.1. The maximum Gasteiger partial charge on any atom is 0.268 e. The van der Waals surface area contributed by atoms with Gasteiger partial charge in [0.05, 0.1) is 5.56 Å². The number of nitrogens with zero attached hydrogens (tertiary/aromatic N) is 1. The molecule has 0 aliphatic carbocycles. The maximum atomic E-state index is 11.2. The van der Waals surface area contributed by atoms with Gasteiger partial charge in [-0.3, -0.25) is 14.8 Å². The Morgan fingerprint density at radius 2 is 2.33 bits per heavy atom. The molecule has 1 aromatic rings. The molecule has 2 heterocycles. The van der Waals surface area contributed by atoms with Crippen molar-refractivity contribution in [2.24, 2.45) is 0 Å². The molecular weight excluding hydrogens is 154 g/mol. The Hall–Kier alpha value is -1.03. The van der Waals surface area contributed by atoms with Crippen LogP contribution in [0.2, 0.25) is 0 Å². The molecule has 2 N–H and O–H groups in total. The van der Waals surface area contributed by atoms with E-state index < -0.39 is 0 Å². The van der Waals surface area contributed by atoms with E-state index in [2.05, 4.69) is 22.0 Å². The van der Waals surface area contributed by atoms with Crippen molar-refractivity contribution in [1.29, 1.82) is 0 Å². The second kappa shape index (κ2) is 2.79. The first-order valence-electron chi connectivity index (χ1n) is 4.32. The van der Waals surface area contributed by atoms with Crippen LogP contribution < -0.4 is 5.56 Å². The maximum absolute atomic E-state index is 11.2. The summed E-state index contributed by atoms with van der Waals surface area (Å²) in [7, 11) is 0. The molecular formula is C8H13N3O. The van der Waals surface area contributed by atoms with Crippen LogP contribution in [0.4, 0.5) is 0 Å². The van der Waals surface area contributed by atoms with Crippen LogP contribution in [0.25, 0.3) is 0 Å². The van der Waals surface area contributed by atoms with E-state index in [1.54, 1.807) is 0 Å². The van der Waals surface area contributed by atoms with Crippen LogP contribution in [0.5, 0.6) is 0 Å². The lowest BCUT2D eigenvalue weighted by molar-refractivity contribution is 0.266. The Labute approximate surface area is 70.6 Å². The van der Waals surface area contributed by atoms with Gasteiger partial charge in [0.2, 0.25) is 0 Å². The molecule has 1 aromatic heterocycles. The standard InChI is InChI=1S/C8H13N3O/c1-2-11-4-3-7-6(5-11)8(12)10-9-7/h2-5H2,1H3,(H2,9,10,12). The van der Waals surface area contributed by atoms with Crippen LogP contribution >= 0.6 is 0 Å². The average molecular weight is 167 g/mol. The van der Waals surface area contributed by atoms with Gasteiger partial charge in [-0.25, -0.2) is 0 Å². The van der Waals surface area contributed by atoms with Crippen LogP contribution in [-0.4, -0.2) is 28.2 Å². The smallest absolute Gasteiger partial charge is 0.268 e. The second-order valence-electron chi connectivity index (χ2n) is 3.15. The zero-order valence-electron chi connectivity index (χ0n) is 7.18. The van der Waals surface area contributed by atoms with Crippen molar-refractivity contribution in [1.82, 2.24) is 15.1 Å². The monoisotopic (exact) mass is 167 g/mol. The van der Waals surface area contributed by atoms with Crippen molar-refractivity contribution in [2.45, 2.75) is 19.9 Å². The minimum absolute atomic E-state index is 0.0446. The summed E-state index contributed by atoms with van der Waals surface area (Å²) in [5.41, 5.74) is 2.05. The van der Waals surface area contributed by atoms with Gasteiger partial charge in [-0.1, -0.05) is 6.92 Å². The number of hydrogen-bond donors (Lipinski definition) is 2. The molecule has 0 radical (unpaired) electrons. The molecule has 0 unspecified atom stereocenters. The molecule has 4 heteroatoms. The molecule has 2 rings (SSSR count). The summed E-state index contributed by atoms with van der Waals surface area (Å²) in [6.07, 6.45) is 0.960. The summed E-state index contributed by atoms with van der Waals surface area (Å²) in [5, 5.41) is 5.52. The van der Waals surface area contributed by atoms with E-state index in [1.807, 2.05) is 0 Å². The molecule has 0 spiro atoms. The first kappa shape index (κ1) is 7.61. The fourth-order valence-electron chi connectivity index (χ4n) is 1.64. The lowest BCUT2D eigenvalue weighted by Gasteiger charge is -2.23. The molecule has 0 saturated heterocycles. The lowest BCUT2D eigenvalue weighted by Crippen LogP contribution is -2.32. The van der Waals surface area contributed by atoms with E-state index in [1.165, 1.54) is 0 Å². The van der Waals surface area contributed by atoms with Crippen molar-refractivity contribution in [3.8, 4) is 0 Å². The lowest BCUT2D eigenvalue weighted by atomic mass is 10.1. The quantitative estimate of drug-likeness (QED) is 0.622. The minimum Gasteiger partial charge on any atom is -0.302 e. The normalized spacial score (nSPS) is 17.8. The Morgan fingerprint density at radius 3 is 3.08 bits per heavy atom. The number of aromatic amines is 2. The van der Waals surface area contributed by atoms with Gasteiger partial charge in [-0.15, -0.1) is 0 Å². The van der Waals surface area contributed by atoms with Gasteiger partial charge in [-0.2, -0.15) is 0 Å². The summed E-state index contributed by atoms with van der Waals surface area (Å²) in [6, 6.07) is 0. The fraction of sp³-hybridized carbons (Fsp3) is 0.625. The Morgan fingerprint density at radius 1 is 1.50 bits per heavy atom. The molecule has 0 bridgehead atoms. The summed E-state index contributed by atoms with van der Waals surface area (Å²) >= 11 is 0. The predicted octanol–water partition coefficient (Wildman–Crippen LogP) is 0.0810. The van der Waals surface area contributed by atoms with Crippen LogP contribution in [0.15, 0.2) is 4.79 Å². The predicted molar refractivity (Wildman–Crippen MR) is 46.1 cm³/mol. The third-order valence-corrected chi connectivity index (χ3v) is 2.47. The first-order chi connectivity index (χ1) is 5.81. The van der Waals surface area contributed by atoms with Crippen LogP contribution in [0.1, 0.15) is 18.2 Å². The largest absolute Gasteiger partial charge is 0.302 e. The molecule has 1 aliphatic rings. The SMILES string of the molecule is CCN1CCc2[nH][nH]c(=O)c2C1. The highest BCUT2D eigenvalue weighted by Crippen LogP contribution is 2.11. The zero-order valence-corrected chi connectivity index (χ0v) is 7.18. The number of aromatic nitrogens is 2. The van der Waals surface area contributed by atoms with Gasteiger partial charge in [0.15, 0.2) is 0 Å². The van der Waals surface area contributed by atoms with E-state index in [0.29, 0.717) is 0 Å². The topological polar surface area (TPSA) is 51.9 Å². The van der Waals surface area contributed by atoms with E-state index in [0.717, 1.165) is 37.3 Å². The summed E-state index contributed by atoms with van der Waals surface area (Å²) in [6.45, 7) is 4.98. The number of fused-ring (bicyclic) bond motifs is 1. The molecule has 0 aromatic carbocycles. The fourth-order valence-corrected chi connectivity index (χ4v) is 1.64. The summed E-state index contributed by atoms with van der Waals surface area (Å²) in [5.74, 6) is 0. The van der Waals surface area contributed by atoms with Gasteiger partial charge in [0.25, 0.3) is 5.56 Å². The minimum atomic E-state index is 0.0446. The molecule has 1 aliphatic heterocycles. The highest BCUT2D eigenvalue weighted by molar-refractivity contribution is 5.19. The summed E-state index contributed by atoms with van der Waals surface area (Å²) < 4.78 is 0. The molecule has 0 saturated carbocycles. The Bertz CT molecular complexity index is 325. The van der Waals surface area contributed by atoms with Crippen molar-refractivity contribution in [2.75, 3.05) is 13.1 Å². The van der Waals surface area contributed by atoms with E-state index in [4.69, 9.17) is 0 Å². The van der Waals surface area contributed by atoms with Gasteiger partial charge >= 0.3 is 0 Å². The molecule has 4 nitrogen and oxygen atoms in total. The van der Waals surface area contributed by atoms with E-state index in [9.17, 15) is 4.79 Å². The van der Waals surface area contributed by atoms with Crippen LogP contribution in [-0.2, 0) is 13.0 Å². The Kier molecular flexibility index (Phi) is 1.77. The van der Waals surface area contributed by atoms with Crippen molar-refractivity contribution >= 4 is 0 Å². The van der Waals surface area contributed by atoms with E-state index >= 15 is 0 Å². The van der Waals surface area contributed by atoms with Gasteiger partial charge in [-0.05, 0) is 6.54 Å². The molecule has 66 valence electrons. The number of nitrogens with one attached hydrogen (secondary N) is 2. The number of likely N-dealkylation sites (N-methyl/N-ethyl adjacent to an activating group) is 1. The highest BCUT2D eigenvalue weighted by Gasteiger charge is 2.18. The number of H-pyrrole nitrogens is 2. The van der Waals surface area contributed by atoms with Gasteiger partial charge in [0.1, 0.15) is 0 Å². The number of hydrogen-bond acceptors (Lipinski definition) is 2. The molecule has 0 amide bonds. The number of rotatable bonds is 1. The first-order valence-corrected chi connectivity index (χ1v) is 4.32. The van der Waals surface area contributed by atoms with Crippen molar-refractivity contribution < 1.29 is 0 Å². The van der Waals surface area contributed by atoms with Crippen molar-refractivity contribution in [3.63, 3.8) is 0 Å². The zero-order chi connectivity index (χ0) is 8.55. The molecule has 12 heavy (non-hydrogen) atoms. The molecule has 0 fully saturated rings. The third-order valence-electron chi connectivity index (χ3n) is 2.47. The van der Waals surface area contributed by atoms with Crippen LogP contribution in [0.3, 0.4) is 0 Å².